The first-order valence-corrected chi connectivity index (χ1v) is 14.1. The summed E-state index contributed by atoms with van der Waals surface area (Å²) in [5.74, 6) is 3.26. The van der Waals surface area contributed by atoms with E-state index in [1.54, 1.807) is 6.08 Å². The Hall–Kier alpha value is -0.346. The largest absolute Gasteiger partial charge is 0.411 e. The minimum atomic E-state index is -1.87. The average Bonchev–Trinajstić information content (AvgIpc) is 2.34. The molecule has 0 aromatic rings. The van der Waals surface area contributed by atoms with Gasteiger partial charge in [0, 0.05) is 5.57 Å². The fourth-order valence-electron chi connectivity index (χ4n) is 3.23. The van der Waals surface area contributed by atoms with Crippen LogP contribution in [0.15, 0.2) is 11.6 Å². The van der Waals surface area contributed by atoms with Crippen molar-refractivity contribution in [3.05, 3.63) is 11.6 Å². The number of rotatable bonds is 7. The third kappa shape index (κ3) is 6.41. The normalized spacial score (nSPS) is 13.8. The van der Waals surface area contributed by atoms with Gasteiger partial charge in [-0.05, 0) is 22.7 Å². The summed E-state index contributed by atoms with van der Waals surface area (Å²) in [7, 11) is -3.29. The van der Waals surface area contributed by atoms with E-state index in [4.69, 9.17) is 4.43 Å². The molecule has 1 N–H and O–H groups in total. The van der Waals surface area contributed by atoms with E-state index in [-0.39, 0.29) is 6.61 Å². The molecule has 0 aliphatic rings. The lowest BCUT2D eigenvalue weighted by atomic mass is 10.3. The molecule has 22 heavy (non-hydrogen) atoms. The van der Waals surface area contributed by atoms with Crippen LogP contribution in [-0.2, 0) is 4.43 Å². The summed E-state index contributed by atoms with van der Waals surface area (Å²) in [6.07, 6.45) is 1.80. The highest BCUT2D eigenvalue weighted by molar-refractivity contribution is 6.83. The van der Waals surface area contributed by atoms with Gasteiger partial charge in [0.25, 0.3) is 0 Å². The van der Waals surface area contributed by atoms with E-state index in [2.05, 4.69) is 72.6 Å². The highest BCUT2D eigenvalue weighted by Gasteiger charge is 2.45. The SMILES string of the molecule is CC(C)[Si](OC/C(C#C[Si](C)(C)C)=C\CO)(C(C)C)C(C)C. The summed E-state index contributed by atoms with van der Waals surface area (Å²) in [5.41, 5.74) is 6.00. The number of hydrogen-bond acceptors (Lipinski definition) is 2. The zero-order valence-corrected chi connectivity index (χ0v) is 18.1. The Morgan fingerprint density at radius 3 is 1.77 bits per heavy atom. The second-order valence-corrected chi connectivity index (χ2v) is 18.2. The number of aliphatic hydroxyl groups excluding tert-OH is 1. The maximum absolute atomic E-state index is 9.25. The molecule has 4 heteroatoms. The molecule has 0 amide bonds. The Labute approximate surface area is 140 Å². The van der Waals surface area contributed by atoms with Crippen LogP contribution in [0.5, 0.6) is 0 Å². The lowest BCUT2D eigenvalue weighted by Crippen LogP contribution is -2.48. The van der Waals surface area contributed by atoms with Gasteiger partial charge in [0.15, 0.2) is 0 Å². The zero-order chi connectivity index (χ0) is 17.6. The van der Waals surface area contributed by atoms with Crippen LogP contribution in [0.3, 0.4) is 0 Å². The van der Waals surface area contributed by atoms with E-state index < -0.39 is 16.4 Å². The van der Waals surface area contributed by atoms with E-state index in [0.717, 1.165) is 5.57 Å². The molecule has 2 nitrogen and oxygen atoms in total. The summed E-state index contributed by atoms with van der Waals surface area (Å²) >= 11 is 0. The van der Waals surface area contributed by atoms with Crippen molar-refractivity contribution in [3.8, 4) is 11.5 Å². The Kier molecular flexibility index (Phi) is 8.93. The second-order valence-electron chi connectivity index (χ2n) is 8.02. The van der Waals surface area contributed by atoms with E-state index in [1.807, 2.05) is 0 Å². The van der Waals surface area contributed by atoms with Crippen LogP contribution in [0.25, 0.3) is 0 Å². The van der Waals surface area contributed by atoms with Crippen LogP contribution >= 0.6 is 0 Å². The standard InChI is InChI=1S/C18H36O2Si2/c1-15(2)22(16(3)4,17(5)6)20-14-18(10-12-19)11-13-21(7,8)9/h10,15-17,19H,12,14H2,1-9H3/b18-10-. The summed E-state index contributed by atoms with van der Waals surface area (Å²) < 4.78 is 6.57. The molecule has 0 radical (unpaired) electrons. The molecule has 0 atom stereocenters. The van der Waals surface area contributed by atoms with Gasteiger partial charge in [-0.1, -0.05) is 67.1 Å². The second kappa shape index (κ2) is 9.07. The van der Waals surface area contributed by atoms with E-state index in [1.165, 1.54) is 0 Å². The van der Waals surface area contributed by atoms with Crippen LogP contribution in [0.1, 0.15) is 41.5 Å². The Morgan fingerprint density at radius 2 is 1.45 bits per heavy atom. The Bertz CT molecular complexity index is 399. The molecule has 0 aliphatic carbocycles. The van der Waals surface area contributed by atoms with Crippen molar-refractivity contribution in [2.24, 2.45) is 0 Å². The molecular weight excluding hydrogens is 304 g/mol. The minimum Gasteiger partial charge on any atom is -0.411 e. The van der Waals surface area contributed by atoms with Gasteiger partial charge < -0.3 is 9.53 Å². The predicted molar refractivity (Wildman–Crippen MR) is 103 cm³/mol. The highest BCUT2D eigenvalue weighted by atomic mass is 28.4. The van der Waals surface area contributed by atoms with Gasteiger partial charge in [-0.15, -0.1) is 5.54 Å². The molecule has 0 saturated heterocycles. The molecule has 0 aromatic carbocycles. The third-order valence-electron chi connectivity index (χ3n) is 4.12. The fourth-order valence-corrected chi connectivity index (χ4v) is 9.17. The van der Waals surface area contributed by atoms with Crippen LogP contribution < -0.4 is 0 Å². The Morgan fingerprint density at radius 1 is 1.00 bits per heavy atom. The van der Waals surface area contributed by atoms with Gasteiger partial charge >= 0.3 is 0 Å². The first-order valence-electron chi connectivity index (χ1n) is 8.44. The van der Waals surface area contributed by atoms with Gasteiger partial charge in [-0.25, -0.2) is 0 Å². The van der Waals surface area contributed by atoms with E-state index in [9.17, 15) is 5.11 Å². The lowest BCUT2D eigenvalue weighted by Gasteiger charge is -2.42. The van der Waals surface area contributed by atoms with Crippen LogP contribution in [0, 0.1) is 11.5 Å². The van der Waals surface area contributed by atoms with Crippen molar-refractivity contribution in [2.75, 3.05) is 13.2 Å². The minimum absolute atomic E-state index is 0.0265. The molecule has 0 spiro atoms. The first-order chi connectivity index (χ1) is 9.97. The molecule has 0 unspecified atom stereocenters. The van der Waals surface area contributed by atoms with Gasteiger partial charge in [0.05, 0.1) is 13.2 Å². The zero-order valence-electron chi connectivity index (χ0n) is 16.1. The summed E-state index contributed by atoms with van der Waals surface area (Å²) in [5, 5.41) is 9.25. The monoisotopic (exact) mass is 340 g/mol. The van der Waals surface area contributed by atoms with Crippen LogP contribution in [0.4, 0.5) is 0 Å². The predicted octanol–water partition coefficient (Wildman–Crippen LogP) is 4.98. The van der Waals surface area contributed by atoms with Gasteiger partial charge in [-0.2, -0.15) is 0 Å². The highest BCUT2D eigenvalue weighted by Crippen LogP contribution is 2.42. The van der Waals surface area contributed by atoms with Gasteiger partial charge in [-0.3, -0.25) is 0 Å². The number of aliphatic hydroxyl groups is 1. The molecule has 0 bridgehead atoms. The lowest BCUT2D eigenvalue weighted by molar-refractivity contribution is 0.306. The molecular formula is C18H36O2Si2. The van der Waals surface area contributed by atoms with Gasteiger partial charge in [0.1, 0.15) is 8.07 Å². The molecule has 0 aromatic heterocycles. The molecule has 0 aliphatic heterocycles. The van der Waals surface area contributed by atoms with Crippen molar-refractivity contribution >= 4 is 16.4 Å². The number of hydrogen-bond donors (Lipinski definition) is 1. The van der Waals surface area contributed by atoms with Crippen LogP contribution in [-0.4, -0.2) is 34.7 Å². The quantitative estimate of drug-likeness (QED) is 0.523. The average molecular weight is 341 g/mol. The van der Waals surface area contributed by atoms with E-state index in [0.29, 0.717) is 23.2 Å². The van der Waals surface area contributed by atoms with E-state index >= 15 is 0 Å². The summed E-state index contributed by atoms with van der Waals surface area (Å²) in [6, 6.07) is 0. The maximum atomic E-state index is 9.25. The van der Waals surface area contributed by atoms with Crippen molar-refractivity contribution in [3.63, 3.8) is 0 Å². The topological polar surface area (TPSA) is 29.5 Å². The molecule has 0 saturated carbocycles. The molecule has 128 valence electrons. The summed E-state index contributed by atoms with van der Waals surface area (Å²) in [6.45, 7) is 21.0. The summed E-state index contributed by atoms with van der Waals surface area (Å²) in [4.78, 5) is 0. The molecule has 0 fully saturated rings. The van der Waals surface area contributed by atoms with Crippen molar-refractivity contribution < 1.29 is 9.53 Å². The molecule has 0 rings (SSSR count). The maximum Gasteiger partial charge on any atom is 0.200 e. The van der Waals surface area contributed by atoms with Crippen molar-refractivity contribution in [1.82, 2.24) is 0 Å². The fraction of sp³-hybridized carbons (Fsp3) is 0.778. The Balaban J connectivity index is 5.31. The smallest absolute Gasteiger partial charge is 0.200 e. The van der Waals surface area contributed by atoms with Crippen molar-refractivity contribution in [2.45, 2.75) is 77.8 Å². The van der Waals surface area contributed by atoms with Crippen molar-refractivity contribution in [1.29, 1.82) is 0 Å². The third-order valence-corrected chi connectivity index (χ3v) is 11.1. The first kappa shape index (κ1) is 21.7. The van der Waals surface area contributed by atoms with Crippen LogP contribution in [0.2, 0.25) is 36.3 Å². The van der Waals surface area contributed by atoms with Gasteiger partial charge in [0.2, 0.25) is 8.32 Å². The molecule has 0 heterocycles.